The van der Waals surface area contributed by atoms with E-state index >= 15 is 0 Å². The van der Waals surface area contributed by atoms with Gasteiger partial charge in [-0.1, -0.05) is 30.9 Å². The van der Waals surface area contributed by atoms with Crippen LogP contribution in [-0.2, 0) is 9.59 Å². The summed E-state index contributed by atoms with van der Waals surface area (Å²) in [5.74, 6) is -0.195. The molecule has 0 atom stereocenters. The second-order valence-electron chi connectivity index (χ2n) is 8.65. The fourth-order valence-corrected chi connectivity index (χ4v) is 3.61. The minimum atomic E-state index is -0.576. The average molecular weight is 531 g/mol. The van der Waals surface area contributed by atoms with E-state index in [-0.39, 0.29) is 16.8 Å². The Bertz CT molecular complexity index is 1340. The van der Waals surface area contributed by atoms with Gasteiger partial charge in [0.05, 0.1) is 40.5 Å². The lowest BCUT2D eigenvalue weighted by Crippen LogP contribution is -2.19. The van der Waals surface area contributed by atoms with Crippen LogP contribution in [0, 0.1) is 5.82 Å². The first-order chi connectivity index (χ1) is 17.8. The molecule has 4 aromatic rings. The molecule has 0 spiro atoms. The molecule has 3 aromatic heterocycles. The number of amides is 2. The summed E-state index contributed by atoms with van der Waals surface area (Å²) in [6, 6.07) is 0.0112. The number of rotatable bonds is 8. The van der Waals surface area contributed by atoms with Crippen molar-refractivity contribution in [3.05, 3.63) is 35.6 Å². The van der Waals surface area contributed by atoms with Gasteiger partial charge in [0, 0.05) is 36.3 Å². The summed E-state index contributed by atoms with van der Waals surface area (Å²) < 4.78 is 16.7. The third-order valence-corrected chi connectivity index (χ3v) is 5.70. The van der Waals surface area contributed by atoms with Crippen molar-refractivity contribution in [1.82, 2.24) is 29.5 Å². The van der Waals surface area contributed by atoms with E-state index in [1.807, 2.05) is 27.7 Å². The molecule has 198 valence electrons. The molecule has 1 aliphatic rings. The molecule has 1 fully saturated rings. The van der Waals surface area contributed by atoms with Crippen molar-refractivity contribution in [3.63, 3.8) is 0 Å². The Morgan fingerprint density at radius 3 is 2.43 bits per heavy atom. The first kappa shape index (κ1) is 27.9. The SMILES string of the molecule is C1CC1.CC(C)Nc1c(F)c(Cl)c(-c2cn3cc(NC=O)nc3cn2)c2cn[nH]c12.CCN(C=O)CC. The standard InChI is InChI=1S/C17H15ClFN7O.C5H11NO.C3H6/c1-8(2)23-17-15(19)14(18)13(9-3-22-25-16(9)17)10-5-26-6-11(21-7-27)24-12(26)4-20-10;1-3-6(4-2)5-7;1-2-3-1/h3-8,23H,1-2H3,(H,21,27)(H,22,25);5H,3-4H2,1-2H3;1-3H2. The Kier molecular flexibility index (Phi) is 9.78. The number of nitrogens with zero attached hydrogens (tertiary/aromatic N) is 5. The third kappa shape index (κ3) is 6.94. The van der Waals surface area contributed by atoms with Gasteiger partial charge < -0.3 is 19.9 Å². The van der Waals surface area contributed by atoms with Crippen molar-refractivity contribution in [3.8, 4) is 11.3 Å². The number of H-pyrrole nitrogens is 1. The van der Waals surface area contributed by atoms with Gasteiger partial charge in [0.1, 0.15) is 0 Å². The quantitative estimate of drug-likeness (QED) is 0.272. The van der Waals surface area contributed by atoms with Crippen LogP contribution < -0.4 is 10.6 Å². The second-order valence-corrected chi connectivity index (χ2v) is 9.03. The lowest BCUT2D eigenvalue weighted by molar-refractivity contribution is -0.117. The molecule has 3 heterocycles. The van der Waals surface area contributed by atoms with Crippen LogP contribution in [-0.4, -0.2) is 61.4 Å². The zero-order chi connectivity index (χ0) is 26.9. The number of carbonyl (C=O) groups is 2. The van der Waals surface area contributed by atoms with Crippen molar-refractivity contribution < 1.29 is 14.0 Å². The predicted molar refractivity (Wildman–Crippen MR) is 144 cm³/mol. The Labute approximate surface area is 219 Å². The molecule has 0 bridgehead atoms. The molecule has 1 aliphatic carbocycles. The Balaban J connectivity index is 0.000000321. The number of halogens is 2. The van der Waals surface area contributed by atoms with Gasteiger partial charge in [-0.05, 0) is 27.7 Å². The molecule has 37 heavy (non-hydrogen) atoms. The van der Waals surface area contributed by atoms with Crippen molar-refractivity contribution in [2.75, 3.05) is 23.7 Å². The molecule has 1 saturated carbocycles. The van der Waals surface area contributed by atoms with Crippen LogP contribution in [0.3, 0.4) is 0 Å². The first-order valence-electron chi connectivity index (χ1n) is 12.2. The highest BCUT2D eigenvalue weighted by molar-refractivity contribution is 6.35. The number of hydrogen-bond donors (Lipinski definition) is 3. The van der Waals surface area contributed by atoms with E-state index < -0.39 is 5.82 Å². The monoisotopic (exact) mass is 530 g/mol. The number of carbonyl (C=O) groups excluding carboxylic acids is 2. The maximum absolute atomic E-state index is 15.0. The predicted octanol–water partition coefficient (Wildman–Crippen LogP) is 5.11. The summed E-state index contributed by atoms with van der Waals surface area (Å²) in [6.07, 6.45) is 12.3. The number of imidazole rings is 1. The van der Waals surface area contributed by atoms with Crippen molar-refractivity contribution >= 4 is 52.5 Å². The zero-order valence-electron chi connectivity index (χ0n) is 21.4. The largest absolute Gasteiger partial charge is 0.379 e. The second kappa shape index (κ2) is 13.0. The van der Waals surface area contributed by atoms with Crippen molar-refractivity contribution in [2.45, 2.75) is 53.0 Å². The van der Waals surface area contributed by atoms with Crippen LogP contribution in [0.2, 0.25) is 5.02 Å². The van der Waals surface area contributed by atoms with E-state index in [1.54, 1.807) is 27.9 Å². The normalized spacial score (nSPS) is 11.9. The molecule has 1 aromatic carbocycles. The van der Waals surface area contributed by atoms with Crippen LogP contribution in [0.4, 0.5) is 15.9 Å². The molecule has 2 amide bonds. The summed E-state index contributed by atoms with van der Waals surface area (Å²) >= 11 is 6.38. The summed E-state index contributed by atoms with van der Waals surface area (Å²) in [7, 11) is 0. The third-order valence-electron chi connectivity index (χ3n) is 5.34. The topological polar surface area (TPSA) is 120 Å². The lowest BCUT2D eigenvalue weighted by Gasteiger charge is -2.15. The van der Waals surface area contributed by atoms with E-state index in [0.717, 1.165) is 19.5 Å². The summed E-state index contributed by atoms with van der Waals surface area (Å²) in [4.78, 5) is 30.7. The number of anilines is 2. The number of fused-ring (bicyclic) bond motifs is 2. The highest BCUT2D eigenvalue weighted by atomic mass is 35.5. The Hall–Kier alpha value is -3.73. The van der Waals surface area contributed by atoms with E-state index in [1.165, 1.54) is 25.5 Å². The van der Waals surface area contributed by atoms with Crippen LogP contribution in [0.15, 0.2) is 24.8 Å². The molecule has 10 nitrogen and oxygen atoms in total. The van der Waals surface area contributed by atoms with Gasteiger partial charge in [-0.2, -0.15) is 5.10 Å². The highest BCUT2D eigenvalue weighted by Crippen LogP contribution is 2.40. The smallest absolute Gasteiger partial charge is 0.212 e. The molecule has 0 unspecified atom stereocenters. The summed E-state index contributed by atoms with van der Waals surface area (Å²) in [5, 5.41) is 13.0. The van der Waals surface area contributed by atoms with Gasteiger partial charge in [-0.3, -0.25) is 19.7 Å². The summed E-state index contributed by atoms with van der Waals surface area (Å²) in [6.45, 7) is 9.36. The van der Waals surface area contributed by atoms with E-state index in [0.29, 0.717) is 40.0 Å². The number of nitrogens with one attached hydrogen (secondary N) is 3. The van der Waals surface area contributed by atoms with Gasteiger partial charge in [-0.25, -0.2) is 9.37 Å². The molecule has 3 N–H and O–H groups in total. The van der Waals surface area contributed by atoms with Crippen LogP contribution in [0.1, 0.15) is 47.0 Å². The highest BCUT2D eigenvalue weighted by Gasteiger charge is 2.22. The minimum Gasteiger partial charge on any atom is -0.379 e. The molecule has 0 saturated heterocycles. The van der Waals surface area contributed by atoms with Crippen molar-refractivity contribution in [1.29, 1.82) is 0 Å². The fourth-order valence-electron chi connectivity index (χ4n) is 3.32. The zero-order valence-corrected chi connectivity index (χ0v) is 22.1. The van der Waals surface area contributed by atoms with E-state index in [2.05, 4.69) is 30.8 Å². The molecule has 0 radical (unpaired) electrons. The Morgan fingerprint density at radius 1 is 1.19 bits per heavy atom. The average Bonchev–Trinajstić information content (AvgIpc) is 3.60. The molecule has 0 aliphatic heterocycles. The van der Waals surface area contributed by atoms with Crippen LogP contribution in [0.5, 0.6) is 0 Å². The molecular formula is C25H32ClFN8O2. The van der Waals surface area contributed by atoms with Gasteiger partial charge in [-0.15, -0.1) is 0 Å². The first-order valence-corrected chi connectivity index (χ1v) is 12.6. The molecular weight excluding hydrogens is 499 g/mol. The summed E-state index contributed by atoms with van der Waals surface area (Å²) in [5.41, 5.74) is 2.18. The number of aromatic amines is 1. The number of aromatic nitrogens is 5. The fraction of sp³-hybridized carbons (Fsp3) is 0.400. The van der Waals surface area contributed by atoms with Crippen molar-refractivity contribution in [2.24, 2.45) is 0 Å². The van der Waals surface area contributed by atoms with E-state index in [4.69, 9.17) is 11.6 Å². The van der Waals surface area contributed by atoms with Gasteiger partial charge in [0.2, 0.25) is 12.8 Å². The van der Waals surface area contributed by atoms with E-state index in [9.17, 15) is 14.0 Å². The Morgan fingerprint density at radius 2 is 1.89 bits per heavy atom. The van der Waals surface area contributed by atoms with Crippen LogP contribution >= 0.6 is 11.6 Å². The number of hydrogen-bond acceptors (Lipinski definition) is 6. The molecule has 5 rings (SSSR count). The molecule has 12 heteroatoms. The van der Waals surface area contributed by atoms with Gasteiger partial charge >= 0.3 is 0 Å². The minimum absolute atomic E-state index is 0.0112. The maximum atomic E-state index is 15.0. The number of benzene rings is 1. The lowest BCUT2D eigenvalue weighted by atomic mass is 10.1. The van der Waals surface area contributed by atoms with Gasteiger partial charge in [0.25, 0.3) is 0 Å². The van der Waals surface area contributed by atoms with Crippen LogP contribution in [0.25, 0.3) is 27.8 Å². The maximum Gasteiger partial charge on any atom is 0.212 e. The van der Waals surface area contributed by atoms with Gasteiger partial charge in [0.15, 0.2) is 17.3 Å².